The van der Waals surface area contributed by atoms with Crippen molar-refractivity contribution in [3.8, 4) is 22.9 Å². The molecule has 174 valence electrons. The molecule has 1 aliphatic rings. The Balaban J connectivity index is 1.26. The summed E-state index contributed by atoms with van der Waals surface area (Å²) in [6.45, 7) is 9.47. The van der Waals surface area contributed by atoms with Crippen molar-refractivity contribution in [3.05, 3.63) is 59.0 Å². The maximum absolute atomic E-state index is 12.7. The number of carbonyl (C=O) groups is 1. The number of amides is 1. The van der Waals surface area contributed by atoms with E-state index in [0.717, 1.165) is 41.3 Å². The number of hydrogen-bond acceptors (Lipinski definition) is 7. The largest absolute Gasteiger partial charge is 0.497 e. The number of hydrogen-bond donors (Lipinski definition) is 0. The highest BCUT2D eigenvalue weighted by Crippen LogP contribution is 2.25. The molecule has 2 aromatic carbocycles. The first-order chi connectivity index (χ1) is 15.9. The van der Waals surface area contributed by atoms with Crippen LogP contribution >= 0.6 is 0 Å². The SMILES string of the molecule is COc1ccc(-c2noc(CN3CCN(C(=O)COc4c(C)cc(C)cc4C)CC3)n2)cc1. The standard InChI is InChI=1S/C25H30N4O4/c1-17-13-18(2)24(19(3)14-17)32-16-23(30)29-11-9-28(10-12-29)15-22-26-25(27-33-22)20-5-7-21(31-4)8-6-20/h5-8,13-14H,9-12,15-16H2,1-4H3. The van der Waals surface area contributed by atoms with Gasteiger partial charge in [-0.1, -0.05) is 22.9 Å². The van der Waals surface area contributed by atoms with Crippen LogP contribution in [0.25, 0.3) is 11.4 Å². The van der Waals surface area contributed by atoms with Gasteiger partial charge in [-0.05, 0) is 56.2 Å². The molecule has 1 fully saturated rings. The molecular weight excluding hydrogens is 420 g/mol. The van der Waals surface area contributed by atoms with E-state index in [4.69, 9.17) is 14.0 Å². The number of methoxy groups -OCH3 is 1. The summed E-state index contributed by atoms with van der Waals surface area (Å²) < 4.78 is 16.5. The molecule has 1 aliphatic heterocycles. The highest BCUT2D eigenvalue weighted by atomic mass is 16.5. The van der Waals surface area contributed by atoms with Crippen LogP contribution in [0.15, 0.2) is 40.9 Å². The Morgan fingerprint density at radius 2 is 1.70 bits per heavy atom. The van der Waals surface area contributed by atoms with Crippen molar-refractivity contribution in [3.63, 3.8) is 0 Å². The molecule has 0 bridgehead atoms. The van der Waals surface area contributed by atoms with E-state index in [1.54, 1.807) is 7.11 Å². The Labute approximate surface area is 194 Å². The highest BCUT2D eigenvalue weighted by molar-refractivity contribution is 5.78. The average Bonchev–Trinajstić information content (AvgIpc) is 3.27. The Kier molecular flexibility index (Phi) is 6.93. The normalized spacial score (nSPS) is 14.4. The van der Waals surface area contributed by atoms with E-state index in [-0.39, 0.29) is 12.5 Å². The van der Waals surface area contributed by atoms with E-state index in [0.29, 0.717) is 31.3 Å². The van der Waals surface area contributed by atoms with E-state index in [9.17, 15) is 4.79 Å². The van der Waals surface area contributed by atoms with Crippen LogP contribution in [0, 0.1) is 20.8 Å². The predicted molar refractivity (Wildman–Crippen MR) is 124 cm³/mol. The van der Waals surface area contributed by atoms with Crippen molar-refractivity contribution >= 4 is 5.91 Å². The molecule has 8 nitrogen and oxygen atoms in total. The van der Waals surface area contributed by atoms with Crippen molar-refractivity contribution in [2.24, 2.45) is 0 Å². The lowest BCUT2D eigenvalue weighted by atomic mass is 10.1. The van der Waals surface area contributed by atoms with Crippen molar-refractivity contribution in [1.29, 1.82) is 0 Å². The molecule has 2 heterocycles. The molecule has 0 atom stereocenters. The second-order valence-corrected chi connectivity index (χ2v) is 8.41. The smallest absolute Gasteiger partial charge is 0.260 e. The molecule has 0 aliphatic carbocycles. The number of piperazine rings is 1. The van der Waals surface area contributed by atoms with Crippen LogP contribution in [0.2, 0.25) is 0 Å². The maximum atomic E-state index is 12.7. The van der Waals surface area contributed by atoms with Crippen LogP contribution < -0.4 is 9.47 Å². The summed E-state index contributed by atoms with van der Waals surface area (Å²) in [7, 11) is 1.63. The van der Waals surface area contributed by atoms with E-state index in [1.807, 2.05) is 43.0 Å². The van der Waals surface area contributed by atoms with E-state index < -0.39 is 0 Å². The number of aryl methyl sites for hydroxylation is 3. The lowest BCUT2D eigenvalue weighted by molar-refractivity contribution is -0.135. The second kappa shape index (κ2) is 10.0. The van der Waals surface area contributed by atoms with E-state index in [2.05, 4.69) is 34.1 Å². The van der Waals surface area contributed by atoms with Gasteiger partial charge in [0.25, 0.3) is 5.91 Å². The van der Waals surface area contributed by atoms with Gasteiger partial charge in [-0.25, -0.2) is 0 Å². The van der Waals surface area contributed by atoms with E-state index in [1.165, 1.54) is 5.56 Å². The molecule has 0 saturated carbocycles. The Hall–Kier alpha value is -3.39. The van der Waals surface area contributed by atoms with Crippen molar-refractivity contribution in [1.82, 2.24) is 19.9 Å². The zero-order chi connectivity index (χ0) is 23.4. The van der Waals surface area contributed by atoms with Crippen LogP contribution in [0.4, 0.5) is 0 Å². The summed E-state index contributed by atoms with van der Waals surface area (Å²) in [5, 5.41) is 4.09. The van der Waals surface area contributed by atoms with Crippen LogP contribution in [-0.2, 0) is 11.3 Å². The third-order valence-corrected chi connectivity index (χ3v) is 5.84. The topological polar surface area (TPSA) is 80.9 Å². The second-order valence-electron chi connectivity index (χ2n) is 8.41. The van der Waals surface area contributed by atoms with Gasteiger partial charge in [0.15, 0.2) is 6.61 Å². The first-order valence-electron chi connectivity index (χ1n) is 11.1. The van der Waals surface area contributed by atoms with Crippen LogP contribution in [-0.4, -0.2) is 65.7 Å². The van der Waals surface area contributed by atoms with Gasteiger partial charge < -0.3 is 18.9 Å². The number of aromatic nitrogens is 2. The van der Waals surface area contributed by atoms with Gasteiger partial charge in [0, 0.05) is 31.7 Å². The highest BCUT2D eigenvalue weighted by Gasteiger charge is 2.23. The fourth-order valence-electron chi connectivity index (χ4n) is 4.14. The summed E-state index contributed by atoms with van der Waals surface area (Å²) in [6, 6.07) is 11.7. The summed E-state index contributed by atoms with van der Waals surface area (Å²) in [5.74, 6) is 2.71. The number of rotatable bonds is 7. The Morgan fingerprint density at radius 3 is 2.33 bits per heavy atom. The van der Waals surface area contributed by atoms with Gasteiger partial charge in [0.2, 0.25) is 11.7 Å². The minimum absolute atomic E-state index is 0.00797. The monoisotopic (exact) mass is 450 g/mol. The number of benzene rings is 2. The zero-order valence-electron chi connectivity index (χ0n) is 19.6. The summed E-state index contributed by atoms with van der Waals surface area (Å²) in [4.78, 5) is 21.2. The van der Waals surface area contributed by atoms with Gasteiger partial charge in [0.1, 0.15) is 11.5 Å². The Morgan fingerprint density at radius 1 is 1.03 bits per heavy atom. The molecule has 1 saturated heterocycles. The first-order valence-corrected chi connectivity index (χ1v) is 11.1. The number of nitrogens with zero attached hydrogens (tertiary/aromatic N) is 4. The third kappa shape index (κ3) is 5.51. The zero-order valence-corrected chi connectivity index (χ0v) is 19.6. The molecule has 1 amide bonds. The van der Waals surface area contributed by atoms with Crippen molar-refractivity contribution < 1.29 is 18.8 Å². The van der Waals surface area contributed by atoms with Gasteiger partial charge in [-0.3, -0.25) is 9.69 Å². The average molecular weight is 451 g/mol. The molecule has 0 unspecified atom stereocenters. The molecule has 33 heavy (non-hydrogen) atoms. The fraction of sp³-hybridized carbons (Fsp3) is 0.400. The molecular formula is C25H30N4O4. The number of ether oxygens (including phenoxy) is 2. The van der Waals surface area contributed by atoms with Gasteiger partial charge in [0.05, 0.1) is 13.7 Å². The summed E-state index contributed by atoms with van der Waals surface area (Å²) in [6.07, 6.45) is 0. The van der Waals surface area contributed by atoms with Crippen molar-refractivity contribution in [2.45, 2.75) is 27.3 Å². The minimum atomic E-state index is 0.00797. The predicted octanol–water partition coefficient (Wildman–Crippen LogP) is 3.39. The first kappa shape index (κ1) is 22.8. The minimum Gasteiger partial charge on any atom is -0.497 e. The molecule has 0 N–H and O–H groups in total. The lowest BCUT2D eigenvalue weighted by Crippen LogP contribution is -2.49. The summed E-state index contributed by atoms with van der Waals surface area (Å²) in [5.41, 5.74) is 4.18. The number of carbonyl (C=O) groups excluding carboxylic acids is 1. The lowest BCUT2D eigenvalue weighted by Gasteiger charge is -2.33. The molecule has 4 rings (SSSR count). The molecule has 3 aromatic rings. The molecule has 0 spiro atoms. The molecule has 0 radical (unpaired) electrons. The van der Waals surface area contributed by atoms with E-state index >= 15 is 0 Å². The van der Waals surface area contributed by atoms with Gasteiger partial charge in [-0.15, -0.1) is 0 Å². The van der Waals surface area contributed by atoms with Gasteiger partial charge >= 0.3 is 0 Å². The third-order valence-electron chi connectivity index (χ3n) is 5.84. The van der Waals surface area contributed by atoms with Gasteiger partial charge in [-0.2, -0.15) is 4.98 Å². The summed E-state index contributed by atoms with van der Waals surface area (Å²) >= 11 is 0. The molecule has 1 aromatic heterocycles. The van der Waals surface area contributed by atoms with Crippen molar-refractivity contribution in [2.75, 3.05) is 39.9 Å². The Bertz CT molecular complexity index is 1080. The van der Waals surface area contributed by atoms with Crippen LogP contribution in [0.1, 0.15) is 22.6 Å². The van der Waals surface area contributed by atoms with Crippen LogP contribution in [0.3, 0.4) is 0 Å². The molecule has 8 heteroatoms. The quantitative estimate of drug-likeness (QED) is 0.546. The van der Waals surface area contributed by atoms with Crippen LogP contribution in [0.5, 0.6) is 11.5 Å². The fourth-order valence-corrected chi connectivity index (χ4v) is 4.14. The maximum Gasteiger partial charge on any atom is 0.260 e.